The SMILES string of the molecule is COC=C1CCCCC12CCCC2. The summed E-state index contributed by atoms with van der Waals surface area (Å²) >= 11 is 0. The van der Waals surface area contributed by atoms with Crippen LogP contribution in [-0.2, 0) is 4.74 Å². The van der Waals surface area contributed by atoms with Crippen molar-refractivity contribution in [3.63, 3.8) is 0 Å². The van der Waals surface area contributed by atoms with E-state index in [1.165, 1.54) is 51.4 Å². The lowest BCUT2D eigenvalue weighted by Gasteiger charge is -2.35. The van der Waals surface area contributed by atoms with Crippen LogP contribution in [-0.4, -0.2) is 7.11 Å². The summed E-state index contributed by atoms with van der Waals surface area (Å²) in [5.74, 6) is 0. The van der Waals surface area contributed by atoms with Gasteiger partial charge in [-0.05, 0) is 43.1 Å². The summed E-state index contributed by atoms with van der Waals surface area (Å²) in [7, 11) is 1.78. The molecule has 0 atom stereocenters. The highest BCUT2D eigenvalue weighted by Gasteiger charge is 2.38. The van der Waals surface area contributed by atoms with Gasteiger partial charge in [0.15, 0.2) is 0 Å². The third kappa shape index (κ3) is 1.61. The lowest BCUT2D eigenvalue weighted by Crippen LogP contribution is -2.23. The van der Waals surface area contributed by atoms with E-state index in [0.29, 0.717) is 5.41 Å². The van der Waals surface area contributed by atoms with Crippen molar-refractivity contribution >= 4 is 0 Å². The topological polar surface area (TPSA) is 9.23 Å². The third-order valence-electron chi connectivity index (χ3n) is 3.85. The molecule has 2 aliphatic rings. The largest absolute Gasteiger partial charge is 0.504 e. The fourth-order valence-corrected chi connectivity index (χ4v) is 3.15. The summed E-state index contributed by atoms with van der Waals surface area (Å²) in [5, 5.41) is 0. The first-order chi connectivity index (χ1) is 6.37. The Labute approximate surface area is 81.2 Å². The van der Waals surface area contributed by atoms with Gasteiger partial charge in [-0.3, -0.25) is 0 Å². The predicted molar refractivity (Wildman–Crippen MR) is 54.5 cm³/mol. The highest BCUT2D eigenvalue weighted by Crippen LogP contribution is 2.52. The normalized spacial score (nSPS) is 29.8. The molecule has 2 rings (SSSR count). The summed E-state index contributed by atoms with van der Waals surface area (Å²) in [6.45, 7) is 0. The molecule has 0 radical (unpaired) electrons. The summed E-state index contributed by atoms with van der Waals surface area (Å²) in [4.78, 5) is 0. The van der Waals surface area contributed by atoms with E-state index in [4.69, 9.17) is 4.74 Å². The lowest BCUT2D eigenvalue weighted by molar-refractivity contribution is 0.252. The Balaban J connectivity index is 2.16. The van der Waals surface area contributed by atoms with Crippen molar-refractivity contribution in [2.24, 2.45) is 5.41 Å². The molecule has 0 bridgehead atoms. The van der Waals surface area contributed by atoms with E-state index in [0.717, 1.165) is 0 Å². The second kappa shape index (κ2) is 3.73. The molecule has 13 heavy (non-hydrogen) atoms. The highest BCUT2D eigenvalue weighted by molar-refractivity contribution is 5.16. The molecule has 0 aromatic carbocycles. The van der Waals surface area contributed by atoms with Gasteiger partial charge in [0.25, 0.3) is 0 Å². The first-order valence-electron chi connectivity index (χ1n) is 5.60. The Hall–Kier alpha value is -0.460. The minimum atomic E-state index is 0.578. The molecule has 0 aromatic heterocycles. The summed E-state index contributed by atoms with van der Waals surface area (Å²) in [6, 6.07) is 0. The van der Waals surface area contributed by atoms with Crippen molar-refractivity contribution in [1.29, 1.82) is 0 Å². The number of allylic oxidation sites excluding steroid dienone is 1. The van der Waals surface area contributed by atoms with E-state index in [9.17, 15) is 0 Å². The van der Waals surface area contributed by atoms with Gasteiger partial charge in [0.2, 0.25) is 0 Å². The van der Waals surface area contributed by atoms with Gasteiger partial charge in [-0.2, -0.15) is 0 Å². The van der Waals surface area contributed by atoms with Crippen LogP contribution < -0.4 is 0 Å². The molecular formula is C12H20O. The quantitative estimate of drug-likeness (QED) is 0.560. The van der Waals surface area contributed by atoms with Crippen molar-refractivity contribution in [3.8, 4) is 0 Å². The third-order valence-corrected chi connectivity index (χ3v) is 3.85. The van der Waals surface area contributed by atoms with Crippen LogP contribution in [0.2, 0.25) is 0 Å². The van der Waals surface area contributed by atoms with Gasteiger partial charge in [-0.15, -0.1) is 0 Å². The minimum absolute atomic E-state index is 0.578. The van der Waals surface area contributed by atoms with Crippen molar-refractivity contribution in [1.82, 2.24) is 0 Å². The molecule has 0 N–H and O–H groups in total. The maximum atomic E-state index is 5.21. The van der Waals surface area contributed by atoms with Gasteiger partial charge in [-0.1, -0.05) is 19.3 Å². The van der Waals surface area contributed by atoms with E-state index in [1.54, 1.807) is 12.7 Å². The molecular weight excluding hydrogens is 160 g/mol. The van der Waals surface area contributed by atoms with Gasteiger partial charge in [0, 0.05) is 0 Å². The van der Waals surface area contributed by atoms with Gasteiger partial charge in [0.05, 0.1) is 13.4 Å². The van der Waals surface area contributed by atoms with Crippen LogP contribution in [0, 0.1) is 5.41 Å². The number of hydrogen-bond acceptors (Lipinski definition) is 1. The molecule has 2 fully saturated rings. The maximum Gasteiger partial charge on any atom is 0.0822 e. The molecule has 1 heteroatoms. The maximum absolute atomic E-state index is 5.21. The van der Waals surface area contributed by atoms with Gasteiger partial charge >= 0.3 is 0 Å². The Morgan fingerprint density at radius 1 is 1.08 bits per heavy atom. The van der Waals surface area contributed by atoms with Crippen molar-refractivity contribution in [3.05, 3.63) is 11.8 Å². The zero-order chi connectivity index (χ0) is 9.15. The van der Waals surface area contributed by atoms with E-state index in [2.05, 4.69) is 0 Å². The van der Waals surface area contributed by atoms with Crippen LogP contribution >= 0.6 is 0 Å². The zero-order valence-corrected chi connectivity index (χ0v) is 8.64. The highest BCUT2D eigenvalue weighted by atomic mass is 16.5. The molecule has 74 valence electrons. The fourth-order valence-electron chi connectivity index (χ4n) is 3.15. The molecule has 0 aromatic rings. The second-order valence-electron chi connectivity index (χ2n) is 4.57. The summed E-state index contributed by atoms with van der Waals surface area (Å²) in [6.07, 6.45) is 13.2. The Bertz CT molecular complexity index is 199. The van der Waals surface area contributed by atoms with E-state index >= 15 is 0 Å². The standard InChI is InChI=1S/C12H20O/c1-13-10-11-6-2-3-7-12(11)8-4-5-9-12/h10H,2-9H2,1H3. The fraction of sp³-hybridized carbons (Fsp3) is 0.833. The lowest BCUT2D eigenvalue weighted by atomic mass is 9.69. The zero-order valence-electron chi connectivity index (χ0n) is 8.64. The van der Waals surface area contributed by atoms with E-state index < -0.39 is 0 Å². The molecule has 0 aliphatic heterocycles. The van der Waals surface area contributed by atoms with Crippen LogP contribution in [0.3, 0.4) is 0 Å². The number of rotatable bonds is 1. The molecule has 1 spiro atoms. The molecule has 2 saturated carbocycles. The first-order valence-corrected chi connectivity index (χ1v) is 5.60. The smallest absolute Gasteiger partial charge is 0.0822 e. The van der Waals surface area contributed by atoms with Crippen LogP contribution in [0.1, 0.15) is 51.4 Å². The summed E-state index contributed by atoms with van der Waals surface area (Å²) in [5.41, 5.74) is 2.19. The summed E-state index contributed by atoms with van der Waals surface area (Å²) < 4.78 is 5.21. The number of methoxy groups -OCH3 is 1. The molecule has 0 unspecified atom stereocenters. The van der Waals surface area contributed by atoms with Crippen molar-refractivity contribution < 1.29 is 4.74 Å². The Morgan fingerprint density at radius 2 is 1.69 bits per heavy atom. The van der Waals surface area contributed by atoms with Crippen molar-refractivity contribution in [2.45, 2.75) is 51.4 Å². The van der Waals surface area contributed by atoms with Gasteiger partial charge < -0.3 is 4.74 Å². The Kier molecular flexibility index (Phi) is 2.61. The molecule has 1 nitrogen and oxygen atoms in total. The predicted octanol–water partition coefficient (Wildman–Crippen LogP) is 3.65. The minimum Gasteiger partial charge on any atom is -0.504 e. The van der Waals surface area contributed by atoms with Crippen LogP contribution in [0.4, 0.5) is 0 Å². The second-order valence-corrected chi connectivity index (χ2v) is 4.57. The number of ether oxygens (including phenoxy) is 1. The molecule has 2 aliphatic carbocycles. The van der Waals surface area contributed by atoms with Crippen LogP contribution in [0.25, 0.3) is 0 Å². The first kappa shape index (κ1) is 9.11. The van der Waals surface area contributed by atoms with E-state index in [1.807, 2.05) is 6.26 Å². The molecule has 0 heterocycles. The number of hydrogen-bond donors (Lipinski definition) is 0. The van der Waals surface area contributed by atoms with Crippen LogP contribution in [0.15, 0.2) is 11.8 Å². The monoisotopic (exact) mass is 180 g/mol. The van der Waals surface area contributed by atoms with E-state index in [-0.39, 0.29) is 0 Å². The van der Waals surface area contributed by atoms with Gasteiger partial charge in [-0.25, -0.2) is 0 Å². The average Bonchev–Trinajstić information content (AvgIpc) is 2.59. The Morgan fingerprint density at radius 3 is 2.31 bits per heavy atom. The molecule has 0 saturated heterocycles. The van der Waals surface area contributed by atoms with Crippen molar-refractivity contribution in [2.75, 3.05) is 7.11 Å². The molecule has 0 amide bonds. The average molecular weight is 180 g/mol. The van der Waals surface area contributed by atoms with Crippen LogP contribution in [0.5, 0.6) is 0 Å². The van der Waals surface area contributed by atoms with Gasteiger partial charge in [0.1, 0.15) is 0 Å².